The predicted octanol–water partition coefficient (Wildman–Crippen LogP) is 5.08. The molecule has 0 rings (SSSR count). The molecule has 0 heterocycles. The summed E-state index contributed by atoms with van der Waals surface area (Å²) in [5.74, 6) is -0.834. The van der Waals surface area contributed by atoms with Gasteiger partial charge in [-0.3, -0.25) is 4.79 Å². The number of rotatable bonds is 15. The SMILES string of the molecule is CCCCCCCCCC/C=C/CCC(O)CCC(=O)O. The van der Waals surface area contributed by atoms with E-state index < -0.39 is 12.1 Å². The second kappa shape index (κ2) is 15.6. The van der Waals surface area contributed by atoms with Crippen molar-refractivity contribution in [2.75, 3.05) is 0 Å². The van der Waals surface area contributed by atoms with Crippen LogP contribution in [-0.4, -0.2) is 22.3 Å². The van der Waals surface area contributed by atoms with Gasteiger partial charge in [0.25, 0.3) is 0 Å². The van der Waals surface area contributed by atoms with E-state index in [0.29, 0.717) is 12.8 Å². The van der Waals surface area contributed by atoms with Crippen LogP contribution in [0.15, 0.2) is 12.2 Å². The Morgan fingerprint density at radius 2 is 1.48 bits per heavy atom. The van der Waals surface area contributed by atoms with E-state index in [0.717, 1.165) is 12.8 Å². The molecule has 1 atom stereocenters. The normalized spacial score (nSPS) is 12.9. The van der Waals surface area contributed by atoms with Crippen molar-refractivity contribution < 1.29 is 15.0 Å². The van der Waals surface area contributed by atoms with Gasteiger partial charge in [0, 0.05) is 6.42 Å². The smallest absolute Gasteiger partial charge is 0.303 e. The van der Waals surface area contributed by atoms with Crippen LogP contribution < -0.4 is 0 Å². The predicted molar refractivity (Wildman–Crippen MR) is 88.5 cm³/mol. The van der Waals surface area contributed by atoms with Crippen molar-refractivity contribution >= 4 is 5.97 Å². The number of aliphatic hydroxyl groups is 1. The van der Waals surface area contributed by atoms with Crippen molar-refractivity contribution in [3.05, 3.63) is 12.2 Å². The van der Waals surface area contributed by atoms with Gasteiger partial charge in [0.2, 0.25) is 0 Å². The average Bonchev–Trinajstić information content (AvgIpc) is 2.46. The van der Waals surface area contributed by atoms with Crippen molar-refractivity contribution in [3.8, 4) is 0 Å². The number of aliphatic hydroxyl groups excluding tert-OH is 1. The largest absolute Gasteiger partial charge is 0.481 e. The van der Waals surface area contributed by atoms with Crippen LogP contribution in [0.25, 0.3) is 0 Å². The summed E-state index contributed by atoms with van der Waals surface area (Å²) in [6.07, 6.45) is 17.7. The number of carboxylic acid groups (broad SMARTS) is 1. The highest BCUT2D eigenvalue weighted by molar-refractivity contribution is 5.66. The summed E-state index contributed by atoms with van der Waals surface area (Å²) in [5, 5.41) is 18.1. The van der Waals surface area contributed by atoms with Crippen molar-refractivity contribution in [2.24, 2.45) is 0 Å². The Morgan fingerprint density at radius 3 is 2.10 bits per heavy atom. The molecule has 0 radical (unpaired) electrons. The third kappa shape index (κ3) is 17.1. The molecule has 0 saturated heterocycles. The summed E-state index contributed by atoms with van der Waals surface area (Å²) in [6, 6.07) is 0. The molecule has 0 saturated carbocycles. The molecular weight excluding hydrogens is 264 g/mol. The molecule has 0 aromatic carbocycles. The van der Waals surface area contributed by atoms with Gasteiger partial charge in [0.1, 0.15) is 0 Å². The molecule has 0 spiro atoms. The molecular formula is C18H34O3. The van der Waals surface area contributed by atoms with Crippen LogP contribution >= 0.6 is 0 Å². The van der Waals surface area contributed by atoms with Gasteiger partial charge in [-0.25, -0.2) is 0 Å². The van der Waals surface area contributed by atoms with Crippen molar-refractivity contribution in [2.45, 2.75) is 96.5 Å². The third-order valence-electron chi connectivity index (χ3n) is 3.75. The fourth-order valence-corrected chi connectivity index (χ4v) is 2.35. The molecule has 0 aliphatic heterocycles. The van der Waals surface area contributed by atoms with Gasteiger partial charge in [-0.1, -0.05) is 64.0 Å². The fourth-order valence-electron chi connectivity index (χ4n) is 2.35. The van der Waals surface area contributed by atoms with Gasteiger partial charge in [0.15, 0.2) is 0 Å². The maximum absolute atomic E-state index is 10.4. The molecule has 1 unspecified atom stereocenters. The zero-order valence-corrected chi connectivity index (χ0v) is 13.7. The summed E-state index contributed by atoms with van der Waals surface area (Å²) in [6.45, 7) is 2.25. The Bertz CT molecular complexity index is 261. The minimum absolute atomic E-state index is 0.0587. The number of unbranched alkanes of at least 4 members (excludes halogenated alkanes) is 8. The van der Waals surface area contributed by atoms with E-state index in [1.165, 1.54) is 51.4 Å². The summed E-state index contributed by atoms with van der Waals surface area (Å²) >= 11 is 0. The molecule has 2 N–H and O–H groups in total. The van der Waals surface area contributed by atoms with Crippen LogP contribution in [0, 0.1) is 0 Å². The van der Waals surface area contributed by atoms with E-state index in [9.17, 15) is 9.90 Å². The van der Waals surface area contributed by atoms with E-state index in [1.54, 1.807) is 0 Å². The highest BCUT2D eigenvalue weighted by Gasteiger charge is 2.05. The van der Waals surface area contributed by atoms with Crippen LogP contribution in [0.2, 0.25) is 0 Å². The Morgan fingerprint density at radius 1 is 0.905 bits per heavy atom. The number of carboxylic acids is 1. The van der Waals surface area contributed by atoms with Crippen LogP contribution in [0.1, 0.15) is 90.4 Å². The number of hydrogen-bond acceptors (Lipinski definition) is 2. The molecule has 0 amide bonds. The number of allylic oxidation sites excluding steroid dienone is 2. The number of hydrogen-bond donors (Lipinski definition) is 2. The lowest BCUT2D eigenvalue weighted by Crippen LogP contribution is -2.08. The summed E-state index contributed by atoms with van der Waals surface area (Å²) < 4.78 is 0. The molecule has 3 nitrogen and oxygen atoms in total. The zero-order valence-electron chi connectivity index (χ0n) is 13.7. The highest BCUT2D eigenvalue weighted by atomic mass is 16.4. The van der Waals surface area contributed by atoms with Gasteiger partial charge in [-0.05, 0) is 32.1 Å². The third-order valence-corrected chi connectivity index (χ3v) is 3.75. The van der Waals surface area contributed by atoms with Crippen LogP contribution in [-0.2, 0) is 4.79 Å². The first-order valence-electron chi connectivity index (χ1n) is 8.71. The Labute approximate surface area is 130 Å². The standard InChI is InChI=1S/C18H34O3/c1-2-3-4-5-6-7-8-9-10-11-12-13-14-17(19)15-16-18(20)21/h11-12,17,19H,2-10,13-16H2,1H3,(H,20,21)/b12-11+. The fraction of sp³-hybridized carbons (Fsp3) is 0.833. The molecule has 0 aromatic heterocycles. The minimum atomic E-state index is -0.834. The van der Waals surface area contributed by atoms with Crippen molar-refractivity contribution in [1.82, 2.24) is 0 Å². The number of carbonyl (C=O) groups is 1. The summed E-state index contributed by atoms with van der Waals surface area (Å²) in [7, 11) is 0. The van der Waals surface area contributed by atoms with Gasteiger partial charge in [-0.15, -0.1) is 0 Å². The summed E-state index contributed by atoms with van der Waals surface area (Å²) in [4.78, 5) is 10.4. The lowest BCUT2D eigenvalue weighted by molar-refractivity contribution is -0.137. The number of aliphatic carboxylic acids is 1. The lowest BCUT2D eigenvalue weighted by Gasteiger charge is -2.06. The molecule has 0 aliphatic carbocycles. The maximum Gasteiger partial charge on any atom is 0.303 e. The minimum Gasteiger partial charge on any atom is -0.481 e. The van der Waals surface area contributed by atoms with E-state index >= 15 is 0 Å². The van der Waals surface area contributed by atoms with Crippen LogP contribution in [0.4, 0.5) is 0 Å². The summed E-state index contributed by atoms with van der Waals surface area (Å²) in [5.41, 5.74) is 0. The second-order valence-corrected chi connectivity index (χ2v) is 5.90. The quantitative estimate of drug-likeness (QED) is 0.327. The average molecular weight is 298 g/mol. The topological polar surface area (TPSA) is 57.5 Å². The molecule has 0 aromatic rings. The van der Waals surface area contributed by atoms with E-state index in [-0.39, 0.29) is 6.42 Å². The first-order chi connectivity index (χ1) is 10.2. The van der Waals surface area contributed by atoms with E-state index in [1.807, 2.05) is 0 Å². The first-order valence-corrected chi connectivity index (χ1v) is 8.71. The molecule has 0 fully saturated rings. The monoisotopic (exact) mass is 298 g/mol. The van der Waals surface area contributed by atoms with Crippen molar-refractivity contribution in [3.63, 3.8) is 0 Å². The van der Waals surface area contributed by atoms with Crippen LogP contribution in [0.5, 0.6) is 0 Å². The zero-order chi connectivity index (χ0) is 15.8. The second-order valence-electron chi connectivity index (χ2n) is 5.90. The Kier molecular flexibility index (Phi) is 14.9. The van der Waals surface area contributed by atoms with Crippen LogP contribution in [0.3, 0.4) is 0 Å². The van der Waals surface area contributed by atoms with Gasteiger partial charge >= 0.3 is 5.97 Å². The van der Waals surface area contributed by atoms with Crippen molar-refractivity contribution in [1.29, 1.82) is 0 Å². The van der Waals surface area contributed by atoms with Gasteiger partial charge < -0.3 is 10.2 Å². The highest BCUT2D eigenvalue weighted by Crippen LogP contribution is 2.10. The molecule has 0 aliphatic rings. The van der Waals surface area contributed by atoms with E-state index in [2.05, 4.69) is 19.1 Å². The first kappa shape index (κ1) is 20.2. The Balaban J connectivity index is 3.23. The molecule has 124 valence electrons. The van der Waals surface area contributed by atoms with Gasteiger partial charge in [-0.2, -0.15) is 0 Å². The maximum atomic E-state index is 10.4. The molecule has 3 heteroatoms. The molecule has 0 bridgehead atoms. The van der Waals surface area contributed by atoms with Gasteiger partial charge in [0.05, 0.1) is 6.10 Å². The Hall–Kier alpha value is -0.830. The molecule has 21 heavy (non-hydrogen) atoms. The van der Waals surface area contributed by atoms with E-state index in [4.69, 9.17) is 5.11 Å². The lowest BCUT2D eigenvalue weighted by atomic mass is 10.1.